The minimum absolute atomic E-state index is 0.0974. The van der Waals surface area contributed by atoms with Gasteiger partial charge in [0, 0.05) is 0 Å². The first-order valence-electron chi connectivity index (χ1n) is 5.91. The molecular weight excluding hydrogens is 172 g/mol. The second-order valence-corrected chi connectivity index (χ2v) is 6.13. The molecule has 0 rings (SSSR count). The lowest BCUT2D eigenvalue weighted by Crippen LogP contribution is -2.20. The molecule has 0 saturated carbocycles. The second-order valence-electron chi connectivity index (χ2n) is 6.13. The van der Waals surface area contributed by atoms with Crippen LogP contribution in [0.4, 0.5) is 0 Å². The van der Waals surface area contributed by atoms with Crippen LogP contribution in [0.5, 0.6) is 0 Å². The average molecular weight is 200 g/mol. The van der Waals surface area contributed by atoms with Crippen molar-refractivity contribution in [3.8, 4) is 0 Å². The Kier molecular flexibility index (Phi) is 5.73. The highest BCUT2D eigenvalue weighted by atomic mass is 16.3. The maximum absolute atomic E-state index is 9.73. The molecule has 0 aromatic rings. The van der Waals surface area contributed by atoms with Crippen LogP contribution in [0.3, 0.4) is 0 Å². The normalized spacial score (nSPS) is 17.1. The molecule has 0 amide bonds. The van der Waals surface area contributed by atoms with Crippen molar-refractivity contribution in [3.63, 3.8) is 0 Å². The molecule has 0 radical (unpaired) electrons. The third-order valence-electron chi connectivity index (χ3n) is 3.15. The summed E-state index contributed by atoms with van der Waals surface area (Å²) in [5.41, 5.74) is 0.373. The third kappa shape index (κ3) is 6.42. The second kappa shape index (κ2) is 5.75. The van der Waals surface area contributed by atoms with Gasteiger partial charge >= 0.3 is 0 Å². The van der Waals surface area contributed by atoms with Gasteiger partial charge < -0.3 is 5.11 Å². The lowest BCUT2D eigenvalue weighted by Gasteiger charge is -2.28. The largest absolute Gasteiger partial charge is 0.393 e. The van der Waals surface area contributed by atoms with E-state index in [9.17, 15) is 5.11 Å². The average Bonchev–Trinajstić information content (AvgIpc) is 1.96. The Morgan fingerprint density at radius 3 is 1.86 bits per heavy atom. The predicted molar refractivity (Wildman–Crippen MR) is 63.3 cm³/mol. The highest BCUT2D eigenvalue weighted by Crippen LogP contribution is 2.29. The van der Waals surface area contributed by atoms with Crippen LogP contribution in [-0.2, 0) is 0 Å². The summed E-state index contributed by atoms with van der Waals surface area (Å²) in [5.74, 6) is 1.29. The lowest BCUT2D eigenvalue weighted by molar-refractivity contribution is 0.119. The molecule has 0 aliphatic heterocycles. The van der Waals surface area contributed by atoms with E-state index in [2.05, 4.69) is 41.5 Å². The van der Waals surface area contributed by atoms with E-state index in [0.717, 1.165) is 19.3 Å². The summed E-state index contributed by atoms with van der Waals surface area (Å²) in [4.78, 5) is 0. The summed E-state index contributed by atoms with van der Waals surface area (Å²) in [5, 5.41) is 9.73. The van der Waals surface area contributed by atoms with E-state index < -0.39 is 0 Å². The maximum atomic E-state index is 9.73. The molecule has 0 aliphatic rings. The third-order valence-corrected chi connectivity index (χ3v) is 3.15. The summed E-state index contributed by atoms with van der Waals surface area (Å²) in [6, 6.07) is 0. The molecule has 0 aliphatic carbocycles. The van der Waals surface area contributed by atoms with E-state index >= 15 is 0 Å². The Labute approximate surface area is 89.9 Å². The highest BCUT2D eigenvalue weighted by molar-refractivity contribution is 4.71. The Balaban J connectivity index is 3.72. The molecule has 14 heavy (non-hydrogen) atoms. The zero-order valence-electron chi connectivity index (χ0n) is 10.8. The van der Waals surface area contributed by atoms with Crippen LogP contribution in [0.2, 0.25) is 0 Å². The molecule has 0 heterocycles. The Hall–Kier alpha value is -0.0400. The fraction of sp³-hybridized carbons (Fsp3) is 1.00. The molecule has 0 aromatic carbocycles. The molecule has 0 saturated heterocycles. The molecule has 86 valence electrons. The highest BCUT2D eigenvalue weighted by Gasteiger charge is 2.20. The van der Waals surface area contributed by atoms with Crippen molar-refractivity contribution in [3.05, 3.63) is 0 Å². The maximum Gasteiger partial charge on any atom is 0.0542 e. The SMILES string of the molecule is CC(C)CC(O)CCC(C)C(C)(C)C. The summed E-state index contributed by atoms with van der Waals surface area (Å²) < 4.78 is 0. The van der Waals surface area contributed by atoms with Gasteiger partial charge in [0.2, 0.25) is 0 Å². The minimum Gasteiger partial charge on any atom is -0.393 e. The van der Waals surface area contributed by atoms with Crippen molar-refractivity contribution in [2.24, 2.45) is 17.3 Å². The van der Waals surface area contributed by atoms with Crippen LogP contribution in [0.15, 0.2) is 0 Å². The zero-order valence-corrected chi connectivity index (χ0v) is 10.8. The fourth-order valence-corrected chi connectivity index (χ4v) is 1.54. The van der Waals surface area contributed by atoms with Crippen molar-refractivity contribution in [1.29, 1.82) is 0 Å². The van der Waals surface area contributed by atoms with E-state index in [1.54, 1.807) is 0 Å². The van der Waals surface area contributed by atoms with Gasteiger partial charge in [-0.15, -0.1) is 0 Å². The van der Waals surface area contributed by atoms with Crippen LogP contribution in [0, 0.1) is 17.3 Å². The van der Waals surface area contributed by atoms with Crippen molar-refractivity contribution < 1.29 is 5.11 Å². The number of rotatable bonds is 5. The van der Waals surface area contributed by atoms with Gasteiger partial charge in [-0.3, -0.25) is 0 Å². The Morgan fingerprint density at radius 1 is 1.00 bits per heavy atom. The van der Waals surface area contributed by atoms with Gasteiger partial charge in [0.25, 0.3) is 0 Å². The number of aliphatic hydroxyl groups excluding tert-OH is 1. The summed E-state index contributed by atoms with van der Waals surface area (Å²) >= 11 is 0. The van der Waals surface area contributed by atoms with Crippen LogP contribution in [0.1, 0.15) is 60.8 Å². The molecule has 2 atom stereocenters. The smallest absolute Gasteiger partial charge is 0.0542 e. The van der Waals surface area contributed by atoms with E-state index in [1.165, 1.54) is 0 Å². The Bertz CT molecular complexity index is 144. The number of hydrogen-bond donors (Lipinski definition) is 1. The van der Waals surface area contributed by atoms with Gasteiger partial charge in [-0.1, -0.05) is 41.5 Å². The van der Waals surface area contributed by atoms with Crippen molar-refractivity contribution in [1.82, 2.24) is 0 Å². The van der Waals surface area contributed by atoms with Gasteiger partial charge in [0.1, 0.15) is 0 Å². The molecule has 0 fully saturated rings. The molecular formula is C13H28O. The predicted octanol–water partition coefficient (Wildman–Crippen LogP) is 3.86. The summed E-state index contributed by atoms with van der Waals surface area (Å²) in [6.07, 6.45) is 2.94. The molecule has 1 N–H and O–H groups in total. The topological polar surface area (TPSA) is 20.2 Å². The Morgan fingerprint density at radius 2 is 1.50 bits per heavy atom. The molecule has 2 unspecified atom stereocenters. The molecule has 0 aromatic heterocycles. The van der Waals surface area contributed by atoms with E-state index in [4.69, 9.17) is 0 Å². The van der Waals surface area contributed by atoms with Crippen LogP contribution in [-0.4, -0.2) is 11.2 Å². The molecule has 0 bridgehead atoms. The van der Waals surface area contributed by atoms with Crippen molar-refractivity contribution in [2.75, 3.05) is 0 Å². The number of aliphatic hydroxyl groups is 1. The first kappa shape index (κ1) is 14.0. The van der Waals surface area contributed by atoms with Gasteiger partial charge in [0.05, 0.1) is 6.10 Å². The molecule has 1 heteroatoms. The van der Waals surface area contributed by atoms with Crippen LogP contribution in [0.25, 0.3) is 0 Å². The van der Waals surface area contributed by atoms with E-state index in [-0.39, 0.29) is 6.10 Å². The minimum atomic E-state index is -0.0974. The monoisotopic (exact) mass is 200 g/mol. The van der Waals surface area contributed by atoms with E-state index in [1.807, 2.05) is 0 Å². The zero-order chi connectivity index (χ0) is 11.4. The van der Waals surface area contributed by atoms with Crippen LogP contribution < -0.4 is 0 Å². The first-order chi connectivity index (χ1) is 6.23. The van der Waals surface area contributed by atoms with E-state index in [0.29, 0.717) is 17.3 Å². The molecule has 1 nitrogen and oxygen atoms in total. The quantitative estimate of drug-likeness (QED) is 0.714. The first-order valence-corrected chi connectivity index (χ1v) is 5.91. The number of hydrogen-bond acceptors (Lipinski definition) is 1. The standard InChI is InChI=1S/C13H28O/c1-10(2)9-12(14)8-7-11(3)13(4,5)6/h10-12,14H,7-9H2,1-6H3. The lowest BCUT2D eigenvalue weighted by atomic mass is 9.79. The van der Waals surface area contributed by atoms with Gasteiger partial charge in [-0.25, -0.2) is 0 Å². The van der Waals surface area contributed by atoms with Crippen molar-refractivity contribution in [2.45, 2.75) is 66.9 Å². The van der Waals surface area contributed by atoms with Gasteiger partial charge in [0.15, 0.2) is 0 Å². The summed E-state index contributed by atoms with van der Waals surface area (Å²) in [6.45, 7) is 13.4. The fourth-order valence-electron chi connectivity index (χ4n) is 1.54. The molecule has 0 spiro atoms. The van der Waals surface area contributed by atoms with Gasteiger partial charge in [-0.05, 0) is 36.5 Å². The van der Waals surface area contributed by atoms with Crippen molar-refractivity contribution >= 4 is 0 Å². The van der Waals surface area contributed by atoms with Crippen LogP contribution >= 0.6 is 0 Å². The van der Waals surface area contributed by atoms with Gasteiger partial charge in [-0.2, -0.15) is 0 Å². The summed E-state index contributed by atoms with van der Waals surface area (Å²) in [7, 11) is 0.